The Morgan fingerprint density at radius 3 is 1.53 bits per heavy atom. The van der Waals surface area contributed by atoms with Crippen molar-refractivity contribution in [1.82, 2.24) is 24.1 Å². The summed E-state index contributed by atoms with van der Waals surface area (Å²) < 4.78 is 11.1. The molecular formula is C60H39N5O. The van der Waals surface area contributed by atoms with E-state index >= 15 is 0 Å². The Balaban J connectivity index is 0.985. The Morgan fingerprint density at radius 1 is 0.439 bits per heavy atom. The average Bonchev–Trinajstić information content (AvgIpc) is 4.02. The van der Waals surface area contributed by atoms with E-state index in [0.717, 1.165) is 93.8 Å². The summed E-state index contributed by atoms with van der Waals surface area (Å²) in [4.78, 5) is 15.7. The lowest BCUT2D eigenvalue weighted by Gasteiger charge is -2.12. The highest BCUT2D eigenvalue weighted by Crippen LogP contribution is 2.41. The molecule has 6 heteroatoms. The summed E-state index contributed by atoms with van der Waals surface area (Å²) >= 11 is 0. The van der Waals surface area contributed by atoms with Gasteiger partial charge in [0.15, 0.2) is 17.2 Å². The first kappa shape index (κ1) is 37.7. The van der Waals surface area contributed by atoms with E-state index in [4.69, 9.17) is 19.4 Å². The quantitative estimate of drug-likeness (QED) is 0.160. The van der Waals surface area contributed by atoms with Crippen molar-refractivity contribution in [2.24, 2.45) is 0 Å². The summed E-state index contributed by atoms with van der Waals surface area (Å²) in [5, 5.41) is 10.2. The van der Waals surface area contributed by atoms with E-state index < -0.39 is 0 Å². The largest absolute Gasteiger partial charge is 0.454 e. The molecule has 0 spiro atoms. The van der Waals surface area contributed by atoms with Crippen molar-refractivity contribution in [2.45, 2.75) is 6.92 Å². The highest BCUT2D eigenvalue weighted by Gasteiger charge is 2.21. The second-order valence-electron chi connectivity index (χ2n) is 16.8. The van der Waals surface area contributed by atoms with Gasteiger partial charge in [-0.05, 0) is 100 Å². The normalized spacial score (nSPS) is 12.0. The molecule has 4 aromatic heterocycles. The maximum atomic E-state index is 6.58. The number of hydrogen-bond donors (Lipinski definition) is 0. The van der Waals surface area contributed by atoms with Crippen molar-refractivity contribution in [1.29, 1.82) is 0 Å². The predicted octanol–water partition coefficient (Wildman–Crippen LogP) is 15.8. The number of allylic oxidation sites excluding steroid dienone is 1. The molecule has 0 saturated carbocycles. The van der Waals surface area contributed by atoms with E-state index in [-0.39, 0.29) is 0 Å². The zero-order valence-electron chi connectivity index (χ0n) is 36.0. The lowest BCUT2D eigenvalue weighted by molar-refractivity contribution is 0.601. The fraction of sp³-hybridized carbons (Fsp3) is 0.0167. The number of benzene rings is 9. The van der Waals surface area contributed by atoms with Crippen LogP contribution in [0, 0.1) is 0 Å². The molecule has 9 aromatic carbocycles. The molecule has 0 atom stereocenters. The first-order valence-corrected chi connectivity index (χ1v) is 22.2. The van der Waals surface area contributed by atoms with Crippen molar-refractivity contribution < 1.29 is 4.42 Å². The SMILES string of the molecule is C=Cc1c(/C=C\C)oc2c(-n3c4ccccc4c4cc(-c5ccc6c(c5)c5ccccc5n6-c5nc(-c6ccc7ccccc7c6)nc(-c6ccc7ccccc7c6)n5)ccc43)cccc12. The third-order valence-electron chi connectivity index (χ3n) is 13.0. The smallest absolute Gasteiger partial charge is 0.238 e. The number of nitrogens with zero attached hydrogens (tertiary/aromatic N) is 5. The molecule has 0 bridgehead atoms. The lowest BCUT2D eigenvalue weighted by atomic mass is 10.0. The van der Waals surface area contributed by atoms with E-state index in [0.29, 0.717) is 17.6 Å². The molecule has 0 amide bonds. The summed E-state index contributed by atoms with van der Waals surface area (Å²) in [5.74, 6) is 2.60. The fourth-order valence-corrected chi connectivity index (χ4v) is 9.96. The van der Waals surface area contributed by atoms with Crippen LogP contribution in [-0.4, -0.2) is 24.1 Å². The van der Waals surface area contributed by atoms with Crippen molar-refractivity contribution >= 4 is 88.3 Å². The molecule has 0 fully saturated rings. The minimum atomic E-state index is 0.564. The summed E-state index contributed by atoms with van der Waals surface area (Å²) in [7, 11) is 0. The van der Waals surface area contributed by atoms with Gasteiger partial charge in [-0.25, -0.2) is 4.98 Å². The van der Waals surface area contributed by atoms with Gasteiger partial charge in [-0.2, -0.15) is 9.97 Å². The van der Waals surface area contributed by atoms with Crippen LogP contribution in [0.1, 0.15) is 18.2 Å². The van der Waals surface area contributed by atoms with E-state index in [1.54, 1.807) is 0 Å². The molecule has 0 unspecified atom stereocenters. The van der Waals surface area contributed by atoms with E-state index in [2.05, 4.69) is 204 Å². The molecule has 13 aromatic rings. The van der Waals surface area contributed by atoms with Crippen LogP contribution >= 0.6 is 0 Å². The summed E-state index contributed by atoms with van der Waals surface area (Å²) in [5.41, 5.74) is 11.2. The van der Waals surface area contributed by atoms with Crippen LogP contribution in [-0.2, 0) is 0 Å². The molecule has 0 N–H and O–H groups in total. The van der Waals surface area contributed by atoms with Gasteiger partial charge in [0.25, 0.3) is 0 Å². The van der Waals surface area contributed by atoms with E-state index in [9.17, 15) is 0 Å². The van der Waals surface area contributed by atoms with Crippen LogP contribution in [0.15, 0.2) is 205 Å². The zero-order chi connectivity index (χ0) is 43.9. The Morgan fingerprint density at radius 2 is 0.939 bits per heavy atom. The molecule has 0 saturated heterocycles. The summed E-state index contributed by atoms with van der Waals surface area (Å²) in [6, 6.07) is 66.7. The molecular weight excluding hydrogens is 807 g/mol. The lowest BCUT2D eigenvalue weighted by Crippen LogP contribution is -2.06. The molecule has 0 aliphatic heterocycles. The maximum absolute atomic E-state index is 6.58. The molecule has 66 heavy (non-hydrogen) atoms. The minimum absolute atomic E-state index is 0.564. The summed E-state index contributed by atoms with van der Waals surface area (Å²) in [6.07, 6.45) is 5.89. The van der Waals surface area contributed by atoms with Gasteiger partial charge in [-0.15, -0.1) is 0 Å². The average molecular weight is 846 g/mol. The molecule has 0 aliphatic carbocycles. The number of para-hydroxylation sites is 3. The standard InChI is InChI=1S/C60H39N5O/c1-3-14-56-45(4-2)48-21-13-24-55(57(48)66-56)64-51-22-11-9-19-46(51)49-35-41(29-31-53(49)64)42-30-32-54-50(36-42)47-20-10-12-23-52(47)65(54)60-62-58(43-27-25-37-15-5-7-17-39(37)33-43)61-59(63-60)44-28-26-38-16-6-8-18-40(38)34-44/h3-36H,2H2,1H3/b14-3-. The number of furan rings is 1. The molecule has 6 nitrogen and oxygen atoms in total. The van der Waals surface area contributed by atoms with Gasteiger partial charge >= 0.3 is 0 Å². The summed E-state index contributed by atoms with van der Waals surface area (Å²) in [6.45, 7) is 6.12. The van der Waals surface area contributed by atoms with Crippen LogP contribution in [0.2, 0.25) is 0 Å². The van der Waals surface area contributed by atoms with Crippen LogP contribution in [0.4, 0.5) is 0 Å². The first-order chi connectivity index (χ1) is 32.6. The number of fused-ring (bicyclic) bond motifs is 9. The van der Waals surface area contributed by atoms with E-state index in [1.807, 2.05) is 25.2 Å². The molecule has 0 aliphatic rings. The predicted molar refractivity (Wildman–Crippen MR) is 274 cm³/mol. The minimum Gasteiger partial charge on any atom is -0.454 e. The Hall–Kier alpha value is -8.87. The van der Waals surface area contributed by atoms with Crippen molar-refractivity contribution in [2.75, 3.05) is 0 Å². The van der Waals surface area contributed by atoms with Crippen LogP contribution in [0.3, 0.4) is 0 Å². The molecule has 4 heterocycles. The second-order valence-corrected chi connectivity index (χ2v) is 16.8. The van der Waals surface area contributed by atoms with Crippen LogP contribution < -0.4 is 0 Å². The second kappa shape index (κ2) is 14.9. The molecule has 310 valence electrons. The third kappa shape index (κ3) is 5.85. The van der Waals surface area contributed by atoms with Gasteiger partial charge in [-0.3, -0.25) is 4.57 Å². The van der Waals surface area contributed by atoms with Gasteiger partial charge < -0.3 is 8.98 Å². The molecule has 13 rings (SSSR count). The monoisotopic (exact) mass is 845 g/mol. The van der Waals surface area contributed by atoms with Crippen LogP contribution in [0.25, 0.3) is 134 Å². The first-order valence-electron chi connectivity index (χ1n) is 22.2. The van der Waals surface area contributed by atoms with E-state index in [1.165, 1.54) is 21.5 Å². The highest BCUT2D eigenvalue weighted by atomic mass is 16.3. The Bertz CT molecular complexity index is 4070. The third-order valence-corrected chi connectivity index (χ3v) is 13.0. The Kier molecular flexibility index (Phi) is 8.48. The van der Waals surface area contributed by atoms with Crippen LogP contribution in [0.5, 0.6) is 0 Å². The number of rotatable bonds is 7. The number of hydrogen-bond acceptors (Lipinski definition) is 4. The highest BCUT2D eigenvalue weighted by molar-refractivity contribution is 6.13. The maximum Gasteiger partial charge on any atom is 0.238 e. The van der Waals surface area contributed by atoms with Gasteiger partial charge in [0.1, 0.15) is 5.76 Å². The van der Waals surface area contributed by atoms with Crippen molar-refractivity contribution in [3.8, 4) is 45.5 Å². The topological polar surface area (TPSA) is 61.7 Å². The van der Waals surface area contributed by atoms with Gasteiger partial charge in [0.05, 0.1) is 27.8 Å². The van der Waals surface area contributed by atoms with Gasteiger partial charge in [0.2, 0.25) is 5.95 Å². The number of aromatic nitrogens is 5. The fourth-order valence-electron chi connectivity index (χ4n) is 9.96. The van der Waals surface area contributed by atoms with Gasteiger partial charge in [-0.1, -0.05) is 152 Å². The van der Waals surface area contributed by atoms with Crippen molar-refractivity contribution in [3.63, 3.8) is 0 Å². The zero-order valence-corrected chi connectivity index (χ0v) is 36.0. The molecule has 0 radical (unpaired) electrons. The van der Waals surface area contributed by atoms with Gasteiger partial charge in [0, 0.05) is 43.6 Å². The van der Waals surface area contributed by atoms with Crippen molar-refractivity contribution in [3.05, 3.63) is 212 Å². The Labute approximate surface area is 379 Å².